The molecule has 1 amide bonds. The number of fused-ring (bicyclic) bond motifs is 1. The van der Waals surface area contributed by atoms with E-state index in [1.54, 1.807) is 12.1 Å². The molecule has 1 aliphatic carbocycles. The Morgan fingerprint density at radius 3 is 2.50 bits per heavy atom. The Morgan fingerprint density at radius 1 is 0.975 bits per heavy atom. The number of alkyl halides is 3. The van der Waals surface area contributed by atoms with Crippen LogP contribution in [0.5, 0.6) is 0 Å². The highest BCUT2D eigenvalue weighted by Crippen LogP contribution is 2.41. The fraction of sp³-hybridized carbons (Fsp3) is 0.286. The van der Waals surface area contributed by atoms with Gasteiger partial charge in [0.05, 0.1) is 30.2 Å². The number of halogens is 3. The van der Waals surface area contributed by atoms with Gasteiger partial charge in [0.25, 0.3) is 5.91 Å². The van der Waals surface area contributed by atoms with E-state index in [4.69, 9.17) is 9.15 Å². The largest absolute Gasteiger partial charge is 0.416 e. The summed E-state index contributed by atoms with van der Waals surface area (Å²) in [4.78, 5) is 19.7. The Hall–Kier alpha value is -4.45. The molecule has 1 saturated heterocycles. The molecule has 1 fully saturated rings. The van der Waals surface area contributed by atoms with Crippen LogP contribution in [0.2, 0.25) is 0 Å². The van der Waals surface area contributed by atoms with Crippen LogP contribution in [0.4, 0.5) is 24.9 Å². The lowest BCUT2D eigenvalue weighted by Gasteiger charge is -2.33. The number of ether oxygens (including phenoxy) is 1. The van der Waals surface area contributed by atoms with Gasteiger partial charge >= 0.3 is 12.2 Å². The van der Waals surface area contributed by atoms with Crippen molar-refractivity contribution >= 4 is 28.9 Å². The number of carbonyl (C=O) groups excluding carboxylic acids is 1. The number of anilines is 2. The van der Waals surface area contributed by atoms with Crippen molar-refractivity contribution in [2.45, 2.75) is 25.2 Å². The number of hydrogen-bond acceptors (Lipinski definition) is 8. The minimum Gasteiger partial charge on any atom is -0.404 e. The lowest BCUT2D eigenvalue weighted by molar-refractivity contribution is -0.116. The van der Waals surface area contributed by atoms with E-state index < -0.39 is 23.8 Å². The van der Waals surface area contributed by atoms with Gasteiger partial charge in [-0.2, -0.15) is 13.2 Å². The van der Waals surface area contributed by atoms with E-state index >= 15 is 0 Å². The van der Waals surface area contributed by atoms with Crippen LogP contribution in [0.15, 0.2) is 81.4 Å². The van der Waals surface area contributed by atoms with Gasteiger partial charge in [-0.3, -0.25) is 4.79 Å². The van der Waals surface area contributed by atoms with Crippen molar-refractivity contribution in [1.82, 2.24) is 15.1 Å². The standard InChI is InChI=1S/C28H25F3N6O3/c29-28(30,31)21-16-18(37-12-14-39-15-13-37)10-11-19(21)26-35-36-27(40-26)34-24-25(38)32-22-9-5-4-8-20(22)23(33-24)17-6-2-1-3-7-17/h1-9,16,24H,10-15H2,(H,32,38)(H,34,36). The molecule has 3 aliphatic rings. The number of nitrogens with zero attached hydrogens (tertiary/aromatic N) is 4. The van der Waals surface area contributed by atoms with Gasteiger partial charge in [-0.1, -0.05) is 53.6 Å². The van der Waals surface area contributed by atoms with E-state index in [-0.39, 0.29) is 23.9 Å². The number of benzodiazepines with no additional fused rings is 1. The summed E-state index contributed by atoms with van der Waals surface area (Å²) in [5.41, 5.74) is 2.35. The van der Waals surface area contributed by atoms with E-state index in [2.05, 4.69) is 25.8 Å². The van der Waals surface area contributed by atoms with Crippen LogP contribution in [0.1, 0.15) is 29.9 Å². The number of carbonyl (C=O) groups is 1. The summed E-state index contributed by atoms with van der Waals surface area (Å²) in [6, 6.07) is 16.4. The number of allylic oxidation sites excluding steroid dienone is 4. The summed E-state index contributed by atoms with van der Waals surface area (Å²) in [7, 11) is 0. The van der Waals surface area contributed by atoms with Gasteiger partial charge in [0, 0.05) is 35.5 Å². The highest BCUT2D eigenvalue weighted by atomic mass is 19.4. The van der Waals surface area contributed by atoms with E-state index in [9.17, 15) is 18.0 Å². The number of aliphatic imine (C=N–C) groups is 1. The fourth-order valence-corrected chi connectivity index (χ4v) is 4.99. The minimum absolute atomic E-state index is 0.0786. The smallest absolute Gasteiger partial charge is 0.404 e. The van der Waals surface area contributed by atoms with E-state index in [1.807, 2.05) is 47.4 Å². The molecule has 40 heavy (non-hydrogen) atoms. The molecule has 3 heterocycles. The highest BCUT2D eigenvalue weighted by molar-refractivity contribution is 6.19. The molecule has 0 radical (unpaired) electrons. The first kappa shape index (κ1) is 25.8. The normalized spacial score (nSPS) is 19.8. The molecule has 0 bridgehead atoms. The lowest BCUT2D eigenvalue weighted by atomic mass is 9.94. The van der Waals surface area contributed by atoms with Gasteiger partial charge < -0.3 is 24.7 Å². The van der Waals surface area contributed by atoms with Crippen LogP contribution < -0.4 is 10.6 Å². The molecule has 2 aromatic carbocycles. The SMILES string of the molecule is O=C1Nc2ccccc2C(c2ccccc2)=NC1Nc1nnc(C2=C(C(F)(F)F)C=C(N3CCOCC3)CC2)o1. The zero-order chi connectivity index (χ0) is 27.7. The topological polar surface area (TPSA) is 105 Å². The quantitative estimate of drug-likeness (QED) is 0.478. The van der Waals surface area contributed by atoms with Gasteiger partial charge in [-0.05, 0) is 25.0 Å². The third-order valence-corrected chi connectivity index (χ3v) is 6.93. The second-order valence-corrected chi connectivity index (χ2v) is 9.46. The summed E-state index contributed by atoms with van der Waals surface area (Å²) in [5, 5.41) is 13.4. The van der Waals surface area contributed by atoms with Crippen LogP contribution in [-0.2, 0) is 9.53 Å². The summed E-state index contributed by atoms with van der Waals surface area (Å²) < 4.78 is 53.3. The molecule has 1 unspecified atom stereocenters. The molecule has 9 nitrogen and oxygen atoms in total. The van der Waals surface area contributed by atoms with Gasteiger partial charge in [0.15, 0.2) is 0 Å². The maximum Gasteiger partial charge on any atom is 0.416 e. The molecule has 1 atom stereocenters. The molecule has 2 aliphatic heterocycles. The Morgan fingerprint density at radius 2 is 1.73 bits per heavy atom. The zero-order valence-electron chi connectivity index (χ0n) is 21.2. The number of benzene rings is 2. The number of aromatic nitrogens is 2. The number of rotatable bonds is 5. The van der Waals surface area contributed by atoms with Crippen LogP contribution >= 0.6 is 0 Å². The maximum atomic E-state index is 14.1. The van der Waals surface area contributed by atoms with Crippen LogP contribution in [0.3, 0.4) is 0 Å². The van der Waals surface area contributed by atoms with Crippen molar-refractivity contribution in [3.63, 3.8) is 0 Å². The third-order valence-electron chi connectivity index (χ3n) is 6.93. The molecular formula is C28H25F3N6O3. The molecule has 0 saturated carbocycles. The number of morpholine rings is 1. The van der Waals surface area contributed by atoms with E-state index in [1.165, 1.54) is 0 Å². The molecule has 2 N–H and O–H groups in total. The molecule has 6 rings (SSSR count). The van der Waals surface area contributed by atoms with Crippen molar-refractivity contribution in [2.75, 3.05) is 36.9 Å². The average Bonchev–Trinajstić information content (AvgIpc) is 3.39. The van der Waals surface area contributed by atoms with Crippen molar-refractivity contribution in [3.05, 3.63) is 89.0 Å². The molecule has 1 aromatic heterocycles. The molecule has 0 spiro atoms. The van der Waals surface area contributed by atoms with Crippen LogP contribution in [-0.4, -0.2) is 65.4 Å². The lowest BCUT2D eigenvalue weighted by Crippen LogP contribution is -2.36. The predicted molar refractivity (Wildman–Crippen MR) is 142 cm³/mol. The van der Waals surface area contributed by atoms with Gasteiger partial charge in [-0.15, -0.1) is 5.10 Å². The Kier molecular flexibility index (Phi) is 6.84. The first-order valence-electron chi connectivity index (χ1n) is 12.8. The zero-order valence-corrected chi connectivity index (χ0v) is 21.2. The number of hydrogen-bond donors (Lipinski definition) is 2. The average molecular weight is 551 g/mol. The maximum absolute atomic E-state index is 14.1. The summed E-state index contributed by atoms with van der Waals surface area (Å²) in [6.07, 6.45) is -4.15. The number of para-hydroxylation sites is 1. The summed E-state index contributed by atoms with van der Waals surface area (Å²) in [5.74, 6) is -0.735. The predicted octanol–water partition coefficient (Wildman–Crippen LogP) is 4.62. The Bertz CT molecular complexity index is 1510. The molecule has 12 heteroatoms. The van der Waals surface area contributed by atoms with Crippen molar-refractivity contribution in [2.24, 2.45) is 4.99 Å². The summed E-state index contributed by atoms with van der Waals surface area (Å²) in [6.45, 7) is 2.03. The van der Waals surface area contributed by atoms with Crippen LogP contribution in [0.25, 0.3) is 5.57 Å². The van der Waals surface area contributed by atoms with Gasteiger partial charge in [0.1, 0.15) is 0 Å². The second kappa shape index (κ2) is 10.6. The monoisotopic (exact) mass is 550 g/mol. The van der Waals surface area contributed by atoms with E-state index in [0.29, 0.717) is 49.8 Å². The molecular weight excluding hydrogens is 525 g/mol. The second-order valence-electron chi connectivity index (χ2n) is 9.46. The van der Waals surface area contributed by atoms with E-state index in [0.717, 1.165) is 17.2 Å². The van der Waals surface area contributed by atoms with Crippen LogP contribution in [0, 0.1) is 0 Å². The Balaban J connectivity index is 1.31. The summed E-state index contributed by atoms with van der Waals surface area (Å²) >= 11 is 0. The van der Waals surface area contributed by atoms with Crippen molar-refractivity contribution in [3.8, 4) is 0 Å². The highest BCUT2D eigenvalue weighted by Gasteiger charge is 2.39. The minimum atomic E-state index is -4.61. The molecule has 3 aromatic rings. The first-order chi connectivity index (χ1) is 19.4. The Labute approximate surface area is 227 Å². The molecule has 206 valence electrons. The van der Waals surface area contributed by atoms with Crippen molar-refractivity contribution < 1.29 is 27.1 Å². The third kappa shape index (κ3) is 5.22. The van der Waals surface area contributed by atoms with Gasteiger partial charge in [0.2, 0.25) is 12.1 Å². The number of amides is 1. The van der Waals surface area contributed by atoms with Crippen molar-refractivity contribution in [1.29, 1.82) is 0 Å². The van der Waals surface area contributed by atoms with Gasteiger partial charge in [-0.25, -0.2) is 4.99 Å². The fourth-order valence-electron chi connectivity index (χ4n) is 4.99. The first-order valence-corrected chi connectivity index (χ1v) is 12.8. The number of nitrogens with one attached hydrogen (secondary N) is 2.